The standard InChI is InChI=1S/C14H18BrNO4/c1-14(7-4-3-5-9(14)13(18)19-2)16-12(17)11-10(15)6-8-20-11/h6,8-9H,3-5,7H2,1-2H3,(H,16,17)/t9-,14+/m0/s1. The number of halogens is 1. The van der Waals surface area contributed by atoms with Gasteiger partial charge in [-0.05, 0) is 41.8 Å². The van der Waals surface area contributed by atoms with Crippen molar-refractivity contribution in [1.29, 1.82) is 0 Å². The summed E-state index contributed by atoms with van der Waals surface area (Å²) in [6.45, 7) is 1.89. The van der Waals surface area contributed by atoms with Gasteiger partial charge in [-0.25, -0.2) is 0 Å². The van der Waals surface area contributed by atoms with Crippen LogP contribution in [0.4, 0.5) is 0 Å². The average Bonchev–Trinajstić information content (AvgIpc) is 2.84. The molecule has 1 N–H and O–H groups in total. The third-order valence-electron chi connectivity index (χ3n) is 3.92. The molecule has 1 aromatic heterocycles. The number of nitrogens with one attached hydrogen (secondary N) is 1. The predicted molar refractivity (Wildman–Crippen MR) is 76.3 cm³/mol. The first-order valence-electron chi connectivity index (χ1n) is 6.61. The minimum absolute atomic E-state index is 0.223. The van der Waals surface area contributed by atoms with E-state index < -0.39 is 5.54 Å². The van der Waals surface area contributed by atoms with Crippen LogP contribution in [0.25, 0.3) is 0 Å². The number of ether oxygens (including phenoxy) is 1. The van der Waals surface area contributed by atoms with Crippen molar-refractivity contribution in [2.24, 2.45) is 5.92 Å². The summed E-state index contributed by atoms with van der Waals surface area (Å²) < 4.78 is 10.6. The fourth-order valence-corrected chi connectivity index (χ4v) is 3.16. The van der Waals surface area contributed by atoms with Crippen LogP contribution in [-0.4, -0.2) is 24.5 Å². The summed E-state index contributed by atoms with van der Waals surface area (Å²) >= 11 is 3.26. The number of hydrogen-bond acceptors (Lipinski definition) is 4. The van der Waals surface area contributed by atoms with Gasteiger partial charge < -0.3 is 14.5 Å². The Morgan fingerprint density at radius 1 is 1.50 bits per heavy atom. The first-order chi connectivity index (χ1) is 9.48. The summed E-state index contributed by atoms with van der Waals surface area (Å²) in [5.74, 6) is -0.689. The fraction of sp³-hybridized carbons (Fsp3) is 0.571. The Labute approximate surface area is 126 Å². The van der Waals surface area contributed by atoms with E-state index in [1.165, 1.54) is 13.4 Å². The van der Waals surface area contributed by atoms with Crippen molar-refractivity contribution in [1.82, 2.24) is 5.32 Å². The summed E-state index contributed by atoms with van der Waals surface area (Å²) in [5.41, 5.74) is -0.603. The van der Waals surface area contributed by atoms with E-state index in [4.69, 9.17) is 9.15 Å². The zero-order valence-electron chi connectivity index (χ0n) is 11.6. The summed E-state index contributed by atoms with van der Waals surface area (Å²) in [7, 11) is 1.38. The molecule has 1 heterocycles. The van der Waals surface area contributed by atoms with Gasteiger partial charge in [-0.1, -0.05) is 12.8 Å². The zero-order valence-corrected chi connectivity index (χ0v) is 13.2. The van der Waals surface area contributed by atoms with Gasteiger partial charge >= 0.3 is 5.97 Å². The van der Waals surface area contributed by atoms with Gasteiger partial charge in [0.25, 0.3) is 5.91 Å². The van der Waals surface area contributed by atoms with Crippen molar-refractivity contribution < 1.29 is 18.7 Å². The molecule has 5 nitrogen and oxygen atoms in total. The Morgan fingerprint density at radius 2 is 2.25 bits per heavy atom. The van der Waals surface area contributed by atoms with E-state index >= 15 is 0 Å². The van der Waals surface area contributed by atoms with Crippen molar-refractivity contribution in [3.05, 3.63) is 22.6 Å². The lowest BCUT2D eigenvalue weighted by molar-refractivity contribution is -0.149. The van der Waals surface area contributed by atoms with E-state index in [0.29, 0.717) is 4.47 Å². The van der Waals surface area contributed by atoms with Crippen LogP contribution < -0.4 is 5.32 Å². The molecule has 0 unspecified atom stereocenters. The molecule has 20 heavy (non-hydrogen) atoms. The summed E-state index contributed by atoms with van der Waals surface area (Å²) in [4.78, 5) is 24.2. The Hall–Kier alpha value is -1.30. The molecule has 2 rings (SSSR count). The molecule has 0 saturated heterocycles. The smallest absolute Gasteiger partial charge is 0.311 e. The maximum absolute atomic E-state index is 12.3. The molecule has 0 aromatic carbocycles. The normalized spacial score (nSPS) is 26.1. The molecular formula is C14H18BrNO4. The number of furan rings is 1. The lowest BCUT2D eigenvalue weighted by Gasteiger charge is -2.40. The number of amides is 1. The fourth-order valence-electron chi connectivity index (χ4n) is 2.78. The van der Waals surface area contributed by atoms with E-state index in [-0.39, 0.29) is 23.6 Å². The molecule has 1 aliphatic rings. The Bertz CT molecular complexity index is 513. The topological polar surface area (TPSA) is 68.5 Å². The Balaban J connectivity index is 2.18. The number of carbonyl (C=O) groups excluding carboxylic acids is 2. The molecule has 1 aromatic rings. The van der Waals surface area contributed by atoms with E-state index in [9.17, 15) is 9.59 Å². The summed E-state index contributed by atoms with van der Waals surface area (Å²) in [5, 5.41) is 2.94. The molecule has 1 aliphatic carbocycles. The third kappa shape index (κ3) is 2.90. The van der Waals surface area contributed by atoms with Crippen LogP contribution >= 0.6 is 15.9 Å². The first kappa shape index (κ1) is 15.1. The highest BCUT2D eigenvalue weighted by Gasteiger charge is 2.43. The van der Waals surface area contributed by atoms with Gasteiger partial charge in [0.2, 0.25) is 5.76 Å². The largest absolute Gasteiger partial charge is 0.469 e. The van der Waals surface area contributed by atoms with E-state index in [2.05, 4.69) is 21.2 Å². The Morgan fingerprint density at radius 3 is 2.85 bits per heavy atom. The number of esters is 1. The lowest BCUT2D eigenvalue weighted by Crippen LogP contribution is -2.55. The molecule has 6 heteroatoms. The minimum atomic E-state index is -0.603. The van der Waals surface area contributed by atoms with Crippen LogP contribution in [0.15, 0.2) is 21.2 Å². The van der Waals surface area contributed by atoms with Crippen molar-refractivity contribution in [2.75, 3.05) is 7.11 Å². The molecule has 1 saturated carbocycles. The molecule has 0 radical (unpaired) electrons. The quantitative estimate of drug-likeness (QED) is 0.856. The second-order valence-corrected chi connectivity index (χ2v) is 6.15. The molecule has 110 valence electrons. The van der Waals surface area contributed by atoms with Gasteiger partial charge in [0.1, 0.15) is 0 Å². The molecular weight excluding hydrogens is 326 g/mol. The van der Waals surface area contributed by atoms with Crippen LogP contribution in [0.1, 0.15) is 43.2 Å². The number of methoxy groups -OCH3 is 1. The maximum atomic E-state index is 12.3. The average molecular weight is 344 g/mol. The van der Waals surface area contributed by atoms with Crippen molar-refractivity contribution in [3.8, 4) is 0 Å². The van der Waals surface area contributed by atoms with Crippen LogP contribution in [0.2, 0.25) is 0 Å². The highest BCUT2D eigenvalue weighted by atomic mass is 79.9. The Kier molecular flexibility index (Phi) is 4.52. The number of hydrogen-bond donors (Lipinski definition) is 1. The number of rotatable bonds is 3. The van der Waals surface area contributed by atoms with Gasteiger partial charge in [0, 0.05) is 0 Å². The van der Waals surface area contributed by atoms with Crippen molar-refractivity contribution in [3.63, 3.8) is 0 Å². The second-order valence-electron chi connectivity index (χ2n) is 5.29. The molecule has 1 amide bonds. The third-order valence-corrected chi connectivity index (χ3v) is 4.54. The molecule has 1 fully saturated rings. The summed E-state index contributed by atoms with van der Waals surface area (Å²) in [6.07, 6.45) is 4.86. The van der Waals surface area contributed by atoms with Crippen LogP contribution in [0, 0.1) is 5.92 Å². The molecule has 2 atom stereocenters. The predicted octanol–water partition coefficient (Wildman–Crippen LogP) is 2.89. The second kappa shape index (κ2) is 5.99. The van der Waals surface area contributed by atoms with Crippen molar-refractivity contribution >= 4 is 27.8 Å². The monoisotopic (exact) mass is 343 g/mol. The van der Waals surface area contributed by atoms with Crippen LogP contribution in [0.5, 0.6) is 0 Å². The molecule has 0 bridgehead atoms. The zero-order chi connectivity index (χ0) is 14.8. The van der Waals surface area contributed by atoms with Gasteiger partial charge in [-0.15, -0.1) is 0 Å². The summed E-state index contributed by atoms with van der Waals surface area (Å²) in [6, 6.07) is 1.66. The highest BCUT2D eigenvalue weighted by Crippen LogP contribution is 2.35. The SMILES string of the molecule is COC(=O)[C@@H]1CCCC[C@@]1(C)NC(=O)c1occc1Br. The minimum Gasteiger partial charge on any atom is -0.469 e. The molecule has 0 aliphatic heterocycles. The highest BCUT2D eigenvalue weighted by molar-refractivity contribution is 9.10. The van der Waals surface area contributed by atoms with Crippen LogP contribution in [0.3, 0.4) is 0 Å². The lowest BCUT2D eigenvalue weighted by atomic mass is 9.74. The van der Waals surface area contributed by atoms with Gasteiger partial charge in [0.05, 0.1) is 29.3 Å². The maximum Gasteiger partial charge on any atom is 0.311 e. The van der Waals surface area contributed by atoms with Crippen molar-refractivity contribution in [2.45, 2.75) is 38.1 Å². The van der Waals surface area contributed by atoms with Crippen LogP contribution in [-0.2, 0) is 9.53 Å². The van der Waals surface area contributed by atoms with E-state index in [0.717, 1.165) is 25.7 Å². The van der Waals surface area contributed by atoms with Gasteiger partial charge in [0.15, 0.2) is 0 Å². The first-order valence-corrected chi connectivity index (χ1v) is 7.40. The molecule has 0 spiro atoms. The van der Waals surface area contributed by atoms with E-state index in [1.807, 2.05) is 6.92 Å². The van der Waals surface area contributed by atoms with Gasteiger partial charge in [-0.2, -0.15) is 0 Å². The van der Waals surface area contributed by atoms with E-state index in [1.54, 1.807) is 6.07 Å². The number of carbonyl (C=O) groups is 2. The van der Waals surface area contributed by atoms with Gasteiger partial charge in [-0.3, -0.25) is 9.59 Å².